The Kier molecular flexibility index (Phi) is 30.4. The van der Waals surface area contributed by atoms with Crippen LogP contribution in [0.15, 0.2) is 18.6 Å². The van der Waals surface area contributed by atoms with Gasteiger partial charge in [-0.25, -0.2) is 14.0 Å². The lowest BCUT2D eigenvalue weighted by Crippen LogP contribution is -2.55. The lowest BCUT2D eigenvalue weighted by molar-refractivity contribution is -0.337. The summed E-state index contributed by atoms with van der Waals surface area (Å²) >= 11 is 0. The number of rotatable bonds is 35. The molecule has 24 heteroatoms. The number of aromatic nitrogens is 9. The molecule has 0 bridgehead atoms. The van der Waals surface area contributed by atoms with Crippen LogP contribution in [-0.4, -0.2) is 177 Å². The van der Waals surface area contributed by atoms with Crippen LogP contribution in [0.2, 0.25) is 0 Å². The van der Waals surface area contributed by atoms with Gasteiger partial charge in [-0.1, -0.05) is 161 Å². The monoisotopic (exact) mass is 1400 g/mol. The van der Waals surface area contributed by atoms with Crippen molar-refractivity contribution in [3.63, 3.8) is 0 Å². The van der Waals surface area contributed by atoms with E-state index in [2.05, 4.69) is 176 Å². The molecule has 30 atom stereocenters. The fourth-order valence-corrected chi connectivity index (χ4v) is 16.2. The molecule has 0 spiro atoms. The molecule has 0 saturated carbocycles. The van der Waals surface area contributed by atoms with Gasteiger partial charge < -0.3 is 71.1 Å². The highest BCUT2D eigenvalue weighted by Crippen LogP contribution is 2.45. The molecule has 0 aromatic carbocycles. The molecule has 12 unspecified atom stereocenters. The highest BCUT2D eigenvalue weighted by molar-refractivity contribution is 4.96. The maximum absolute atomic E-state index is 6.92. The van der Waals surface area contributed by atoms with E-state index in [4.69, 9.17) is 71.1 Å². The van der Waals surface area contributed by atoms with Crippen molar-refractivity contribution in [2.75, 3.05) is 33.0 Å². The van der Waals surface area contributed by atoms with Crippen molar-refractivity contribution >= 4 is 0 Å². The lowest BCUT2D eigenvalue weighted by Gasteiger charge is -2.49. The molecule has 9 rings (SSSR count). The Morgan fingerprint density at radius 1 is 0.323 bits per heavy atom. The molecule has 99 heavy (non-hydrogen) atoms. The molecule has 3 aromatic heterocycles. The highest BCUT2D eigenvalue weighted by atomic mass is 16.8. The van der Waals surface area contributed by atoms with E-state index >= 15 is 0 Å². The molecule has 24 nitrogen and oxygen atoms in total. The lowest BCUT2D eigenvalue weighted by atomic mass is 9.78. The standard InChI is InChI=1S/C75H131N9O15/c1-22-61-45(10)42(7)54(19)70(91-61)97-67-51(16)48(13)64(25-4)94-73(67)87-31-28-82-34-57(76-79-82)37-85-40-60(90-39-59-36-84(81-78-59)30-33-89-75-69(53(18)50(15)66(27-6)96-75)99-72-56(21)44(9)47(12)63(24-3)93-72)41-86-38-58-35-83(80-77-58)29-32-88-74-68(52(17)49(14)65(26-5)95-74)98-71-55(20)43(8)46(11)62(23-2)92-71/h34-36,42-56,60-75H,22-33,37-41H2,1-21H3/t42-,43-,44-,45-,46-,47-,48-,49-,50-,51-,52-,53-,54?,55?,56?,60?,61?,62?,63?,64?,65?,66?,67?,68?,69?,70-,71-,72-,73-,74-,75-/m0/s1. The van der Waals surface area contributed by atoms with Crippen LogP contribution in [0, 0.1) is 88.8 Å². The third-order valence-corrected chi connectivity index (χ3v) is 24.9. The third kappa shape index (κ3) is 19.9. The van der Waals surface area contributed by atoms with E-state index in [0.717, 1.165) is 38.5 Å². The van der Waals surface area contributed by atoms with Gasteiger partial charge in [0.1, 0.15) is 41.5 Å². The Morgan fingerprint density at radius 3 is 0.848 bits per heavy atom. The van der Waals surface area contributed by atoms with E-state index in [-0.39, 0.29) is 148 Å². The summed E-state index contributed by atoms with van der Waals surface area (Å²) in [5, 5.41) is 26.8. The second-order valence-corrected chi connectivity index (χ2v) is 30.9. The van der Waals surface area contributed by atoms with E-state index in [1.165, 1.54) is 0 Å². The van der Waals surface area contributed by atoms with Crippen molar-refractivity contribution in [1.29, 1.82) is 0 Å². The summed E-state index contributed by atoms with van der Waals surface area (Å²) in [6, 6.07) is 0. The average molecular weight is 1400 g/mol. The maximum atomic E-state index is 6.92. The number of hydrogen-bond donors (Lipinski definition) is 0. The Balaban J connectivity index is 0.797. The van der Waals surface area contributed by atoms with Crippen LogP contribution in [0.3, 0.4) is 0 Å². The zero-order valence-corrected chi connectivity index (χ0v) is 64.3. The Morgan fingerprint density at radius 2 is 0.576 bits per heavy atom. The third-order valence-electron chi connectivity index (χ3n) is 24.9. The van der Waals surface area contributed by atoms with E-state index < -0.39 is 25.0 Å². The second-order valence-electron chi connectivity index (χ2n) is 30.9. The first kappa shape index (κ1) is 79.9. The van der Waals surface area contributed by atoms with Gasteiger partial charge in [0.2, 0.25) is 0 Å². The van der Waals surface area contributed by atoms with Crippen molar-refractivity contribution in [3.05, 3.63) is 35.7 Å². The molecule has 6 aliphatic rings. The molecule has 0 N–H and O–H groups in total. The van der Waals surface area contributed by atoms with Crippen LogP contribution in [0.4, 0.5) is 0 Å². The van der Waals surface area contributed by atoms with Crippen LogP contribution in [0.5, 0.6) is 0 Å². The smallest absolute Gasteiger partial charge is 0.184 e. The SMILES string of the molecule is CCC1O[C@@H](OC2[C@@H](OCCn3cc(COCC(COCc4cn(CCO[C@H]5OC(CC)[C@@H](C)[C@H](C)C5O[C@@H]5OC(CC)[C@@H](C)[C@H](C)C5C)nn4)OCc4cn(CCO[C@H]5OC(CC)[C@@H](C)[C@H](C)C5O[C@@H]5OC(CC)[C@@H](C)[C@H](C)C5C)nn4)nn3)OC(CC)[C@@H](C)[C@@H]2C)C(C)[C@@H](C)[C@@H]1C. The van der Waals surface area contributed by atoms with E-state index in [0.29, 0.717) is 104 Å². The highest BCUT2D eigenvalue weighted by Gasteiger charge is 2.51. The van der Waals surface area contributed by atoms with E-state index in [1.807, 2.05) is 18.6 Å². The van der Waals surface area contributed by atoms with E-state index in [1.54, 1.807) is 14.0 Å². The Bertz CT molecular complexity index is 2670. The number of hydrogen-bond acceptors (Lipinski definition) is 21. The average Bonchev–Trinajstić information content (AvgIpc) is 1.66. The molecule has 6 fully saturated rings. The summed E-state index contributed by atoms with van der Waals surface area (Å²) in [5.41, 5.74) is 1.96. The van der Waals surface area contributed by atoms with E-state index in [9.17, 15) is 0 Å². The molecular formula is C75H131N9O15. The molecule has 9 heterocycles. The Labute approximate surface area is 593 Å². The van der Waals surface area contributed by atoms with Crippen LogP contribution in [0.1, 0.15) is 201 Å². The van der Waals surface area contributed by atoms with Gasteiger partial charge in [0.25, 0.3) is 0 Å². The van der Waals surface area contributed by atoms with Gasteiger partial charge in [-0.2, -0.15) is 0 Å². The summed E-state index contributed by atoms with van der Waals surface area (Å²) < 4.78 is 105. The van der Waals surface area contributed by atoms with Crippen molar-refractivity contribution < 1.29 is 71.1 Å². The predicted molar refractivity (Wildman–Crippen MR) is 372 cm³/mol. The Hall–Kier alpha value is -3.18. The summed E-state index contributed by atoms with van der Waals surface area (Å²) in [6.07, 6.45) is 7.60. The molecule has 0 aliphatic carbocycles. The van der Waals surface area contributed by atoms with Crippen LogP contribution in [0.25, 0.3) is 0 Å². The zero-order chi connectivity index (χ0) is 71.4. The largest absolute Gasteiger partial charge is 0.372 e. The topological polar surface area (TPSA) is 231 Å². The van der Waals surface area contributed by atoms with Crippen molar-refractivity contribution in [2.24, 2.45) is 88.8 Å². The molecule has 6 saturated heterocycles. The first-order valence-electron chi connectivity index (χ1n) is 38.7. The first-order valence-corrected chi connectivity index (χ1v) is 38.7. The number of ether oxygens (including phenoxy) is 15. The van der Waals surface area contributed by atoms with Gasteiger partial charge in [-0.15, -0.1) is 15.3 Å². The van der Waals surface area contributed by atoms with Gasteiger partial charge >= 0.3 is 0 Å². The molecule has 0 radical (unpaired) electrons. The predicted octanol–water partition coefficient (Wildman–Crippen LogP) is 12.3. The van der Waals surface area contributed by atoms with Gasteiger partial charge in [0.05, 0.1) is 128 Å². The summed E-state index contributed by atoms with van der Waals surface area (Å²) in [7, 11) is 0. The molecule has 566 valence electrons. The minimum absolute atomic E-state index is 0.0481. The first-order chi connectivity index (χ1) is 47.5. The quantitative estimate of drug-likeness (QED) is 0.0533. The second kappa shape index (κ2) is 37.7. The van der Waals surface area contributed by atoms with Crippen molar-refractivity contribution in [1.82, 2.24) is 45.0 Å². The number of nitrogens with zero attached hydrogens (tertiary/aromatic N) is 9. The maximum Gasteiger partial charge on any atom is 0.184 e. The normalized spacial score (nSPS) is 40.3. The van der Waals surface area contributed by atoms with Gasteiger partial charge in [0.15, 0.2) is 37.7 Å². The molecule has 6 aliphatic heterocycles. The summed E-state index contributed by atoms with van der Waals surface area (Å²) in [5.74, 6) is 4.86. The van der Waals surface area contributed by atoms with Crippen LogP contribution in [-0.2, 0) is 111 Å². The van der Waals surface area contributed by atoms with Gasteiger partial charge in [-0.05, 0) is 110 Å². The summed E-state index contributed by atoms with van der Waals surface area (Å²) in [6.45, 7) is 50.4. The fraction of sp³-hybridized carbons (Fsp3) is 0.920. The molecular weight excluding hydrogens is 1270 g/mol. The van der Waals surface area contributed by atoms with Gasteiger partial charge in [-0.3, -0.25) is 0 Å². The van der Waals surface area contributed by atoms with Crippen molar-refractivity contribution in [2.45, 2.75) is 322 Å². The summed E-state index contributed by atoms with van der Waals surface area (Å²) in [4.78, 5) is 0. The minimum Gasteiger partial charge on any atom is -0.372 e. The fourth-order valence-electron chi connectivity index (χ4n) is 16.2. The minimum atomic E-state index is -0.563. The van der Waals surface area contributed by atoms with Gasteiger partial charge in [0, 0.05) is 17.8 Å². The molecule has 0 amide bonds. The van der Waals surface area contributed by atoms with Crippen LogP contribution >= 0.6 is 0 Å². The van der Waals surface area contributed by atoms with Crippen molar-refractivity contribution in [3.8, 4) is 0 Å². The van der Waals surface area contributed by atoms with Crippen LogP contribution < -0.4 is 0 Å². The zero-order valence-electron chi connectivity index (χ0n) is 64.3. The molecule has 3 aromatic rings.